The Morgan fingerprint density at radius 1 is 1.06 bits per heavy atom. The van der Waals surface area contributed by atoms with Crippen LogP contribution in [0, 0.1) is 19.3 Å². The zero-order valence-corrected chi connectivity index (χ0v) is 13.3. The van der Waals surface area contributed by atoms with Crippen LogP contribution in [0.1, 0.15) is 37.8 Å². The molecule has 0 aromatic heterocycles. The van der Waals surface area contributed by atoms with Crippen molar-refractivity contribution in [1.29, 1.82) is 0 Å². The molecule has 0 heterocycles. The topological polar surface area (TPSA) is 3.24 Å². The summed E-state index contributed by atoms with van der Waals surface area (Å²) in [6.45, 7) is 9.95. The Bertz CT molecular complexity index is 354. The molecule has 0 atom stereocenters. The van der Waals surface area contributed by atoms with Crippen molar-refractivity contribution in [3.8, 4) is 0 Å². The summed E-state index contributed by atoms with van der Waals surface area (Å²) in [7, 11) is 2.19. The molecule has 2 heteroatoms. The Morgan fingerprint density at radius 3 is 1.94 bits per heavy atom. The lowest BCUT2D eigenvalue weighted by Crippen LogP contribution is -2.36. The van der Waals surface area contributed by atoms with Gasteiger partial charge in [-0.15, -0.1) is 0 Å². The van der Waals surface area contributed by atoms with Crippen LogP contribution >= 0.6 is 12.6 Å². The van der Waals surface area contributed by atoms with Gasteiger partial charge in [-0.05, 0) is 61.1 Å². The normalized spacial score (nSPS) is 11.7. The van der Waals surface area contributed by atoms with E-state index in [0.29, 0.717) is 5.41 Å². The number of thiol groups is 1. The fourth-order valence-corrected chi connectivity index (χ4v) is 3.06. The van der Waals surface area contributed by atoms with Crippen LogP contribution in [0.2, 0.25) is 0 Å². The third-order valence-electron chi connectivity index (χ3n) is 4.06. The maximum absolute atomic E-state index is 4.56. The van der Waals surface area contributed by atoms with E-state index in [1.54, 1.807) is 0 Å². The van der Waals surface area contributed by atoms with Gasteiger partial charge in [0, 0.05) is 19.3 Å². The first-order valence-corrected chi connectivity index (χ1v) is 7.50. The van der Waals surface area contributed by atoms with Crippen molar-refractivity contribution in [2.24, 2.45) is 5.41 Å². The first-order valence-electron chi connectivity index (χ1n) is 6.86. The van der Waals surface area contributed by atoms with Crippen LogP contribution < -0.4 is 4.90 Å². The van der Waals surface area contributed by atoms with Crippen LogP contribution in [0.3, 0.4) is 0 Å². The second kappa shape index (κ2) is 6.51. The van der Waals surface area contributed by atoms with Crippen LogP contribution in [0.15, 0.2) is 18.2 Å². The van der Waals surface area contributed by atoms with Crippen molar-refractivity contribution in [3.63, 3.8) is 0 Å². The van der Waals surface area contributed by atoms with Crippen molar-refractivity contribution in [2.45, 2.75) is 40.5 Å². The summed E-state index contributed by atoms with van der Waals surface area (Å²) in [4.78, 5) is 2.38. The molecule has 0 spiro atoms. The Hall–Kier alpha value is -0.630. The lowest BCUT2D eigenvalue weighted by atomic mass is 9.84. The number of hydrogen-bond acceptors (Lipinski definition) is 2. The van der Waals surface area contributed by atoms with Crippen LogP contribution in [-0.2, 0) is 0 Å². The molecule has 1 aromatic rings. The molecule has 1 aromatic carbocycles. The third kappa shape index (κ3) is 3.68. The number of nitrogens with zero attached hydrogens (tertiary/aromatic N) is 1. The Balaban J connectivity index is 2.90. The molecule has 0 fully saturated rings. The summed E-state index contributed by atoms with van der Waals surface area (Å²) in [5, 5.41) is 0. The SMILES string of the molecule is CCC(CC)(CS)CN(C)c1cc(C)cc(C)c1. The van der Waals surface area contributed by atoms with Crippen molar-refractivity contribution in [3.05, 3.63) is 29.3 Å². The smallest absolute Gasteiger partial charge is 0.0369 e. The van der Waals surface area contributed by atoms with E-state index in [9.17, 15) is 0 Å². The minimum Gasteiger partial charge on any atom is -0.374 e. The van der Waals surface area contributed by atoms with E-state index in [4.69, 9.17) is 0 Å². The summed E-state index contributed by atoms with van der Waals surface area (Å²) in [5.74, 6) is 0.954. The van der Waals surface area contributed by atoms with Crippen LogP contribution in [0.4, 0.5) is 5.69 Å². The number of hydrogen-bond donors (Lipinski definition) is 1. The zero-order valence-electron chi connectivity index (χ0n) is 12.5. The molecule has 0 aliphatic heterocycles. The fraction of sp³-hybridized carbons (Fsp3) is 0.625. The van der Waals surface area contributed by atoms with Crippen LogP contribution in [-0.4, -0.2) is 19.3 Å². The highest BCUT2D eigenvalue weighted by molar-refractivity contribution is 7.80. The van der Waals surface area contributed by atoms with Crippen molar-refractivity contribution in [2.75, 3.05) is 24.2 Å². The van der Waals surface area contributed by atoms with Gasteiger partial charge >= 0.3 is 0 Å². The summed E-state index contributed by atoms with van der Waals surface area (Å²) >= 11 is 4.56. The van der Waals surface area contributed by atoms with E-state index in [-0.39, 0.29) is 0 Å². The average molecular weight is 265 g/mol. The molecule has 18 heavy (non-hydrogen) atoms. The van der Waals surface area contributed by atoms with E-state index in [1.807, 2.05) is 0 Å². The molecular weight excluding hydrogens is 238 g/mol. The molecule has 0 aliphatic carbocycles. The zero-order chi connectivity index (χ0) is 13.8. The lowest BCUT2D eigenvalue weighted by molar-refractivity contribution is 0.314. The Labute approximate surface area is 118 Å². The van der Waals surface area contributed by atoms with Gasteiger partial charge in [-0.2, -0.15) is 12.6 Å². The minimum atomic E-state index is 0.329. The minimum absolute atomic E-state index is 0.329. The monoisotopic (exact) mass is 265 g/mol. The summed E-state index contributed by atoms with van der Waals surface area (Å²) < 4.78 is 0. The molecular formula is C16H27NS. The van der Waals surface area contributed by atoms with Gasteiger partial charge in [-0.1, -0.05) is 19.9 Å². The third-order valence-corrected chi connectivity index (χ3v) is 4.73. The Kier molecular flexibility index (Phi) is 5.58. The molecule has 1 rings (SSSR count). The second-order valence-electron chi connectivity index (χ2n) is 5.57. The van der Waals surface area contributed by atoms with Gasteiger partial charge in [-0.25, -0.2) is 0 Å². The van der Waals surface area contributed by atoms with E-state index in [2.05, 4.69) is 70.5 Å². The standard InChI is InChI=1S/C16H27NS/c1-6-16(7-2,12-18)11-17(5)15-9-13(3)8-14(4)10-15/h8-10,18H,6-7,11-12H2,1-5H3. The van der Waals surface area contributed by atoms with Gasteiger partial charge < -0.3 is 4.90 Å². The maximum Gasteiger partial charge on any atom is 0.0369 e. The molecule has 0 radical (unpaired) electrons. The van der Waals surface area contributed by atoms with E-state index in [0.717, 1.165) is 12.3 Å². The molecule has 0 unspecified atom stereocenters. The summed E-state index contributed by atoms with van der Waals surface area (Å²) in [6.07, 6.45) is 2.37. The van der Waals surface area contributed by atoms with E-state index >= 15 is 0 Å². The highest BCUT2D eigenvalue weighted by Gasteiger charge is 2.26. The summed E-state index contributed by atoms with van der Waals surface area (Å²) in [6, 6.07) is 6.76. The first kappa shape index (κ1) is 15.4. The van der Waals surface area contributed by atoms with E-state index < -0.39 is 0 Å². The van der Waals surface area contributed by atoms with Crippen molar-refractivity contribution in [1.82, 2.24) is 0 Å². The quantitative estimate of drug-likeness (QED) is 0.742. The number of rotatable bonds is 6. The Morgan fingerprint density at radius 2 is 1.56 bits per heavy atom. The lowest BCUT2D eigenvalue weighted by Gasteiger charge is -2.35. The number of benzene rings is 1. The van der Waals surface area contributed by atoms with Crippen LogP contribution in [0.25, 0.3) is 0 Å². The number of aryl methyl sites for hydroxylation is 2. The molecule has 0 saturated carbocycles. The fourth-order valence-electron chi connectivity index (χ4n) is 2.51. The summed E-state index contributed by atoms with van der Waals surface area (Å²) in [5.41, 5.74) is 4.32. The highest BCUT2D eigenvalue weighted by atomic mass is 32.1. The number of anilines is 1. The molecule has 1 nitrogen and oxygen atoms in total. The second-order valence-corrected chi connectivity index (χ2v) is 5.88. The first-order chi connectivity index (χ1) is 8.46. The predicted octanol–water partition coefficient (Wildman–Crippen LogP) is 4.48. The predicted molar refractivity (Wildman–Crippen MR) is 86.1 cm³/mol. The molecule has 0 bridgehead atoms. The van der Waals surface area contributed by atoms with Gasteiger partial charge in [0.1, 0.15) is 0 Å². The van der Waals surface area contributed by atoms with Gasteiger partial charge in [0.15, 0.2) is 0 Å². The molecule has 0 saturated heterocycles. The van der Waals surface area contributed by atoms with Gasteiger partial charge in [0.25, 0.3) is 0 Å². The van der Waals surface area contributed by atoms with Gasteiger partial charge in [-0.3, -0.25) is 0 Å². The molecule has 0 aliphatic rings. The molecule has 0 amide bonds. The average Bonchev–Trinajstić information content (AvgIpc) is 2.35. The largest absolute Gasteiger partial charge is 0.374 e. The highest BCUT2D eigenvalue weighted by Crippen LogP contribution is 2.30. The molecule has 102 valence electrons. The van der Waals surface area contributed by atoms with Gasteiger partial charge in [0.05, 0.1) is 0 Å². The van der Waals surface area contributed by atoms with Crippen molar-refractivity contribution >= 4 is 18.3 Å². The maximum atomic E-state index is 4.56. The van der Waals surface area contributed by atoms with Crippen molar-refractivity contribution < 1.29 is 0 Å². The van der Waals surface area contributed by atoms with Crippen LogP contribution in [0.5, 0.6) is 0 Å². The van der Waals surface area contributed by atoms with Gasteiger partial charge in [0.2, 0.25) is 0 Å². The molecule has 0 N–H and O–H groups in total. The van der Waals surface area contributed by atoms with E-state index in [1.165, 1.54) is 29.7 Å².